The molecule has 0 unspecified atom stereocenters. The molecular formula is C25H27N5OS. The van der Waals surface area contributed by atoms with E-state index in [1.807, 2.05) is 30.3 Å². The molecule has 1 N–H and O–H groups in total. The number of aromatic nitrogens is 4. The molecule has 4 aliphatic rings. The Labute approximate surface area is 192 Å². The predicted octanol–water partition coefficient (Wildman–Crippen LogP) is 4.86. The number of amides is 1. The summed E-state index contributed by atoms with van der Waals surface area (Å²) in [5.41, 5.74) is 3.60. The highest BCUT2D eigenvalue weighted by Gasteiger charge is 2.51. The van der Waals surface area contributed by atoms with E-state index in [-0.39, 0.29) is 11.7 Å². The van der Waals surface area contributed by atoms with Crippen molar-refractivity contribution in [2.75, 3.05) is 11.1 Å². The number of nitrogens with one attached hydrogen (secondary N) is 1. The van der Waals surface area contributed by atoms with Crippen molar-refractivity contribution >= 4 is 23.4 Å². The highest BCUT2D eigenvalue weighted by Crippen LogP contribution is 2.60. The van der Waals surface area contributed by atoms with E-state index in [4.69, 9.17) is 0 Å². The number of carbonyl (C=O) groups is 1. The number of thioether (sulfide) groups is 1. The van der Waals surface area contributed by atoms with Crippen LogP contribution in [-0.4, -0.2) is 31.9 Å². The summed E-state index contributed by atoms with van der Waals surface area (Å²) >= 11 is 1.33. The summed E-state index contributed by atoms with van der Waals surface area (Å²) in [4.78, 5) is 12.6. The lowest BCUT2D eigenvalue weighted by Gasteiger charge is -2.57. The Balaban J connectivity index is 1.09. The fourth-order valence-corrected chi connectivity index (χ4v) is 7.39. The van der Waals surface area contributed by atoms with Crippen molar-refractivity contribution in [3.63, 3.8) is 0 Å². The van der Waals surface area contributed by atoms with E-state index in [9.17, 15) is 4.79 Å². The zero-order valence-corrected chi connectivity index (χ0v) is 18.8. The number of nitrogens with zero attached hydrogens (tertiary/aromatic N) is 4. The summed E-state index contributed by atoms with van der Waals surface area (Å²) < 4.78 is 1.65. The second-order valence-electron chi connectivity index (χ2n) is 9.82. The van der Waals surface area contributed by atoms with Gasteiger partial charge in [-0.2, -0.15) is 4.68 Å². The van der Waals surface area contributed by atoms with Crippen molar-refractivity contribution in [3.8, 4) is 5.69 Å². The molecule has 0 aliphatic heterocycles. The van der Waals surface area contributed by atoms with E-state index < -0.39 is 0 Å². The number of para-hydroxylation sites is 1. The van der Waals surface area contributed by atoms with Gasteiger partial charge < -0.3 is 5.32 Å². The second kappa shape index (κ2) is 8.03. The Morgan fingerprint density at radius 3 is 2.28 bits per heavy atom. The molecule has 2 aromatic carbocycles. The van der Waals surface area contributed by atoms with Crippen LogP contribution in [0.5, 0.6) is 0 Å². The Morgan fingerprint density at radius 1 is 0.969 bits per heavy atom. The molecule has 0 atom stereocenters. The van der Waals surface area contributed by atoms with E-state index >= 15 is 0 Å². The number of hydrogen-bond donors (Lipinski definition) is 1. The van der Waals surface area contributed by atoms with Crippen molar-refractivity contribution in [1.29, 1.82) is 0 Å². The number of rotatable bonds is 6. The maximum absolute atomic E-state index is 12.6. The molecule has 1 heterocycles. The summed E-state index contributed by atoms with van der Waals surface area (Å²) in [5.74, 6) is 3.00. The molecule has 3 aromatic rings. The normalized spacial score (nSPS) is 28.1. The van der Waals surface area contributed by atoms with Crippen molar-refractivity contribution in [3.05, 3.63) is 60.2 Å². The summed E-state index contributed by atoms with van der Waals surface area (Å²) in [6.45, 7) is 0. The van der Waals surface area contributed by atoms with Crippen LogP contribution in [0.4, 0.5) is 5.69 Å². The van der Waals surface area contributed by atoms with Gasteiger partial charge in [0.1, 0.15) is 0 Å². The summed E-state index contributed by atoms with van der Waals surface area (Å²) in [5, 5.41) is 15.5. The molecule has 7 rings (SSSR count). The fourth-order valence-electron chi connectivity index (χ4n) is 6.70. The highest BCUT2D eigenvalue weighted by atomic mass is 32.2. The maximum atomic E-state index is 12.6. The average molecular weight is 446 g/mol. The third kappa shape index (κ3) is 3.72. The first-order valence-corrected chi connectivity index (χ1v) is 12.5. The lowest BCUT2D eigenvalue weighted by atomic mass is 9.48. The zero-order valence-electron chi connectivity index (χ0n) is 18.0. The molecule has 164 valence electrons. The molecule has 7 heteroatoms. The SMILES string of the molecule is O=C(CSc1nnnn1-c1ccccc1)Nc1ccc(C23CC4CC(CC(C4)C2)C3)cc1. The van der Waals surface area contributed by atoms with Gasteiger partial charge in [0, 0.05) is 5.69 Å². The molecule has 32 heavy (non-hydrogen) atoms. The van der Waals surface area contributed by atoms with Gasteiger partial charge in [0.2, 0.25) is 11.1 Å². The van der Waals surface area contributed by atoms with Gasteiger partial charge in [-0.1, -0.05) is 42.1 Å². The van der Waals surface area contributed by atoms with E-state index in [0.717, 1.165) is 29.1 Å². The number of benzene rings is 2. The van der Waals surface area contributed by atoms with Crippen LogP contribution in [0.25, 0.3) is 5.69 Å². The van der Waals surface area contributed by atoms with E-state index in [0.29, 0.717) is 10.6 Å². The average Bonchev–Trinajstić information content (AvgIpc) is 3.27. The second-order valence-corrected chi connectivity index (χ2v) is 10.8. The molecule has 4 fully saturated rings. The minimum Gasteiger partial charge on any atom is -0.325 e. The van der Waals surface area contributed by atoms with E-state index in [1.54, 1.807) is 4.68 Å². The van der Waals surface area contributed by atoms with Gasteiger partial charge in [0.25, 0.3) is 0 Å². The minimum absolute atomic E-state index is 0.0554. The van der Waals surface area contributed by atoms with Crippen LogP contribution < -0.4 is 5.32 Å². The molecular weight excluding hydrogens is 418 g/mol. The van der Waals surface area contributed by atoms with Crippen molar-refractivity contribution in [1.82, 2.24) is 20.2 Å². The van der Waals surface area contributed by atoms with Gasteiger partial charge in [-0.15, -0.1) is 5.10 Å². The number of hydrogen-bond acceptors (Lipinski definition) is 5. The Bertz CT molecular complexity index is 1080. The van der Waals surface area contributed by atoms with Gasteiger partial charge in [-0.25, -0.2) is 0 Å². The van der Waals surface area contributed by atoms with Crippen LogP contribution in [0.1, 0.15) is 44.1 Å². The van der Waals surface area contributed by atoms with Gasteiger partial charge >= 0.3 is 0 Å². The Hall–Kier alpha value is -2.67. The molecule has 4 aliphatic carbocycles. The summed E-state index contributed by atoms with van der Waals surface area (Å²) in [7, 11) is 0. The standard InChI is InChI=1S/C25H27N5OS/c31-23(16-32-24-27-28-29-30(24)22-4-2-1-3-5-22)26-21-8-6-20(7-9-21)25-13-17-10-18(14-25)12-19(11-17)15-25/h1-9,17-19H,10-16H2,(H,26,31). The lowest BCUT2D eigenvalue weighted by molar-refractivity contribution is -0.113. The molecule has 0 spiro atoms. The topological polar surface area (TPSA) is 72.7 Å². The molecule has 4 saturated carbocycles. The van der Waals surface area contributed by atoms with Gasteiger partial charge in [0.05, 0.1) is 11.4 Å². The van der Waals surface area contributed by atoms with Gasteiger partial charge in [-0.05, 0) is 102 Å². The third-order valence-corrected chi connectivity index (χ3v) is 8.51. The van der Waals surface area contributed by atoms with Crippen molar-refractivity contribution < 1.29 is 4.79 Å². The zero-order chi connectivity index (χ0) is 21.5. The molecule has 0 saturated heterocycles. The molecule has 1 aromatic heterocycles. The number of anilines is 1. The van der Waals surface area contributed by atoms with Crippen molar-refractivity contribution in [2.24, 2.45) is 17.8 Å². The van der Waals surface area contributed by atoms with E-state index in [2.05, 4.69) is 45.1 Å². The number of carbonyl (C=O) groups excluding carboxylic acids is 1. The maximum Gasteiger partial charge on any atom is 0.234 e. The highest BCUT2D eigenvalue weighted by molar-refractivity contribution is 7.99. The van der Waals surface area contributed by atoms with Crippen LogP contribution in [0.15, 0.2) is 59.8 Å². The van der Waals surface area contributed by atoms with Crippen LogP contribution in [0, 0.1) is 17.8 Å². The molecule has 6 nitrogen and oxygen atoms in total. The van der Waals surface area contributed by atoms with Crippen LogP contribution in [-0.2, 0) is 10.2 Å². The third-order valence-electron chi connectivity index (χ3n) is 7.59. The minimum atomic E-state index is -0.0554. The number of tetrazole rings is 1. The monoisotopic (exact) mass is 445 g/mol. The first kappa shape index (κ1) is 20.0. The first-order valence-electron chi connectivity index (χ1n) is 11.5. The molecule has 4 bridgehead atoms. The lowest BCUT2D eigenvalue weighted by Crippen LogP contribution is -2.48. The Morgan fingerprint density at radius 2 is 1.62 bits per heavy atom. The fraction of sp³-hybridized carbons (Fsp3) is 0.440. The quantitative estimate of drug-likeness (QED) is 0.549. The molecule has 1 amide bonds. The van der Waals surface area contributed by atoms with Gasteiger partial charge in [0.15, 0.2) is 0 Å². The predicted molar refractivity (Wildman–Crippen MR) is 125 cm³/mol. The van der Waals surface area contributed by atoms with Crippen molar-refractivity contribution in [2.45, 2.75) is 49.1 Å². The van der Waals surface area contributed by atoms with Gasteiger partial charge in [-0.3, -0.25) is 4.79 Å². The van der Waals surface area contributed by atoms with Crippen LogP contribution in [0.3, 0.4) is 0 Å². The summed E-state index contributed by atoms with van der Waals surface area (Å²) in [6.07, 6.45) is 8.45. The Kier molecular flexibility index (Phi) is 5.01. The van der Waals surface area contributed by atoms with Crippen LogP contribution in [0.2, 0.25) is 0 Å². The van der Waals surface area contributed by atoms with E-state index in [1.165, 1.54) is 55.9 Å². The smallest absolute Gasteiger partial charge is 0.234 e. The first-order chi connectivity index (χ1) is 15.7. The largest absolute Gasteiger partial charge is 0.325 e. The van der Waals surface area contributed by atoms with Crippen LogP contribution >= 0.6 is 11.8 Å². The summed E-state index contributed by atoms with van der Waals surface area (Å²) in [6, 6.07) is 18.4. The molecule has 0 radical (unpaired) electrons.